The highest BCUT2D eigenvalue weighted by atomic mass is 127. The van der Waals surface area contributed by atoms with Gasteiger partial charge in [0.15, 0.2) is 0 Å². The first-order valence-electron chi connectivity index (χ1n) is 5.10. The number of carbonyl (C=O) groups excluding carboxylic acids is 1. The SMILES string of the molecule is CC1(C)CCN(c2ccc(I)cn2)C(=O)O1. The van der Waals surface area contributed by atoms with Crippen molar-refractivity contribution < 1.29 is 9.53 Å². The molecule has 1 aromatic heterocycles. The molecule has 0 atom stereocenters. The van der Waals surface area contributed by atoms with Gasteiger partial charge in [-0.3, -0.25) is 4.90 Å². The van der Waals surface area contributed by atoms with Crippen LogP contribution in [-0.2, 0) is 4.74 Å². The lowest BCUT2D eigenvalue weighted by atomic mass is 10.0. The molecule has 1 saturated heterocycles. The number of hydrogen-bond donors (Lipinski definition) is 0. The van der Waals surface area contributed by atoms with Crippen molar-refractivity contribution in [2.45, 2.75) is 25.9 Å². The predicted molar refractivity (Wildman–Crippen MR) is 69.5 cm³/mol. The number of carbonyl (C=O) groups is 1. The van der Waals surface area contributed by atoms with Gasteiger partial charge in [-0.15, -0.1) is 0 Å². The van der Waals surface area contributed by atoms with Gasteiger partial charge in [0.2, 0.25) is 0 Å². The van der Waals surface area contributed by atoms with E-state index in [9.17, 15) is 4.79 Å². The number of nitrogens with zero attached hydrogens (tertiary/aromatic N) is 2. The van der Waals surface area contributed by atoms with Crippen LogP contribution in [0.5, 0.6) is 0 Å². The van der Waals surface area contributed by atoms with Crippen LogP contribution in [0, 0.1) is 3.57 Å². The highest BCUT2D eigenvalue weighted by Crippen LogP contribution is 2.25. The van der Waals surface area contributed by atoms with Gasteiger partial charge in [0.1, 0.15) is 11.4 Å². The number of hydrogen-bond acceptors (Lipinski definition) is 3. The van der Waals surface area contributed by atoms with E-state index in [1.165, 1.54) is 0 Å². The average molecular weight is 332 g/mol. The second-order valence-corrected chi connectivity index (χ2v) is 5.61. The van der Waals surface area contributed by atoms with Gasteiger partial charge < -0.3 is 4.74 Å². The lowest BCUT2D eigenvalue weighted by Crippen LogP contribution is -2.47. The Hall–Kier alpha value is -0.850. The van der Waals surface area contributed by atoms with Crippen molar-refractivity contribution >= 4 is 34.5 Å². The number of rotatable bonds is 1. The number of pyridine rings is 1. The lowest BCUT2D eigenvalue weighted by Gasteiger charge is -2.35. The maximum absolute atomic E-state index is 11.8. The van der Waals surface area contributed by atoms with Crippen molar-refractivity contribution in [2.24, 2.45) is 0 Å². The largest absolute Gasteiger partial charge is 0.443 e. The summed E-state index contributed by atoms with van der Waals surface area (Å²) in [4.78, 5) is 17.5. The number of cyclic esters (lactones) is 1. The van der Waals surface area contributed by atoms with Gasteiger partial charge in [0.25, 0.3) is 0 Å². The molecular formula is C11H13IN2O2. The summed E-state index contributed by atoms with van der Waals surface area (Å²) < 4.78 is 6.36. The summed E-state index contributed by atoms with van der Waals surface area (Å²) in [6.07, 6.45) is 2.24. The first-order valence-corrected chi connectivity index (χ1v) is 6.18. The molecule has 0 saturated carbocycles. The predicted octanol–water partition coefficient (Wildman–Crippen LogP) is 2.81. The molecule has 2 heterocycles. The number of amides is 1. The summed E-state index contributed by atoms with van der Waals surface area (Å²) in [5.74, 6) is 0.654. The molecule has 1 aliphatic rings. The summed E-state index contributed by atoms with van der Waals surface area (Å²) >= 11 is 2.18. The van der Waals surface area contributed by atoms with Crippen molar-refractivity contribution in [1.82, 2.24) is 4.98 Å². The van der Waals surface area contributed by atoms with Crippen LogP contribution < -0.4 is 4.90 Å². The van der Waals surface area contributed by atoms with Crippen LogP contribution in [0.15, 0.2) is 18.3 Å². The molecule has 1 aliphatic heterocycles. The normalized spacial score (nSPS) is 19.4. The van der Waals surface area contributed by atoms with E-state index in [0.29, 0.717) is 12.4 Å². The molecule has 16 heavy (non-hydrogen) atoms. The minimum atomic E-state index is -0.364. The molecule has 0 N–H and O–H groups in total. The Morgan fingerprint density at radius 1 is 1.50 bits per heavy atom. The molecule has 1 amide bonds. The van der Waals surface area contributed by atoms with E-state index >= 15 is 0 Å². The van der Waals surface area contributed by atoms with Crippen LogP contribution in [-0.4, -0.2) is 23.2 Å². The van der Waals surface area contributed by atoms with Gasteiger partial charge in [-0.1, -0.05) is 0 Å². The zero-order chi connectivity index (χ0) is 11.8. The minimum absolute atomic E-state index is 0.315. The van der Waals surface area contributed by atoms with Crippen LogP contribution in [0.1, 0.15) is 20.3 Å². The zero-order valence-electron chi connectivity index (χ0n) is 9.24. The Morgan fingerprint density at radius 3 is 2.81 bits per heavy atom. The monoisotopic (exact) mass is 332 g/mol. The summed E-state index contributed by atoms with van der Waals surface area (Å²) in [5.41, 5.74) is -0.364. The second kappa shape index (κ2) is 4.20. The highest BCUT2D eigenvalue weighted by molar-refractivity contribution is 14.1. The summed E-state index contributed by atoms with van der Waals surface area (Å²) in [6, 6.07) is 3.76. The van der Waals surface area contributed by atoms with E-state index in [0.717, 1.165) is 9.99 Å². The molecule has 0 radical (unpaired) electrons. The third-order valence-electron chi connectivity index (χ3n) is 2.51. The van der Waals surface area contributed by atoms with Gasteiger partial charge in [0.05, 0.1) is 0 Å². The van der Waals surface area contributed by atoms with Crippen LogP contribution in [0.3, 0.4) is 0 Å². The lowest BCUT2D eigenvalue weighted by molar-refractivity contribution is 0.0234. The maximum Gasteiger partial charge on any atom is 0.416 e. The molecular weight excluding hydrogens is 319 g/mol. The van der Waals surface area contributed by atoms with Crippen LogP contribution in [0.25, 0.3) is 0 Å². The van der Waals surface area contributed by atoms with E-state index < -0.39 is 0 Å². The first kappa shape index (κ1) is 11.6. The number of anilines is 1. The summed E-state index contributed by atoms with van der Waals surface area (Å²) in [5, 5.41) is 0. The quantitative estimate of drug-likeness (QED) is 0.743. The number of ether oxygens (including phenoxy) is 1. The molecule has 0 aliphatic carbocycles. The van der Waals surface area contributed by atoms with Crippen LogP contribution in [0.4, 0.5) is 10.6 Å². The fraction of sp³-hybridized carbons (Fsp3) is 0.455. The Morgan fingerprint density at radius 2 is 2.25 bits per heavy atom. The van der Waals surface area contributed by atoms with E-state index in [2.05, 4.69) is 27.6 Å². The van der Waals surface area contributed by atoms with Crippen molar-refractivity contribution in [3.05, 3.63) is 21.9 Å². The number of halogens is 1. The van der Waals surface area contributed by atoms with Crippen LogP contribution >= 0.6 is 22.6 Å². The Balaban J connectivity index is 2.17. The van der Waals surface area contributed by atoms with E-state index in [-0.39, 0.29) is 11.7 Å². The molecule has 86 valence electrons. The summed E-state index contributed by atoms with van der Waals surface area (Å²) in [6.45, 7) is 4.49. The average Bonchev–Trinajstić information content (AvgIpc) is 2.19. The Labute approximate surface area is 108 Å². The third kappa shape index (κ3) is 2.45. The van der Waals surface area contributed by atoms with Crippen molar-refractivity contribution in [3.63, 3.8) is 0 Å². The second-order valence-electron chi connectivity index (χ2n) is 4.36. The number of aromatic nitrogens is 1. The summed E-state index contributed by atoms with van der Waals surface area (Å²) in [7, 11) is 0. The van der Waals surface area contributed by atoms with Gasteiger partial charge in [-0.2, -0.15) is 0 Å². The molecule has 4 nitrogen and oxygen atoms in total. The topological polar surface area (TPSA) is 42.4 Å². The molecule has 0 spiro atoms. The maximum atomic E-state index is 11.8. The first-order chi connectivity index (χ1) is 7.48. The third-order valence-corrected chi connectivity index (χ3v) is 3.15. The van der Waals surface area contributed by atoms with E-state index in [4.69, 9.17) is 4.74 Å². The molecule has 0 aromatic carbocycles. The highest BCUT2D eigenvalue weighted by Gasteiger charge is 2.33. The Kier molecular flexibility index (Phi) is 3.05. The van der Waals surface area contributed by atoms with Gasteiger partial charge in [-0.05, 0) is 48.6 Å². The smallest absolute Gasteiger partial charge is 0.416 e. The van der Waals surface area contributed by atoms with Gasteiger partial charge in [0, 0.05) is 22.7 Å². The molecule has 0 unspecified atom stereocenters. The molecule has 2 rings (SSSR count). The van der Waals surface area contributed by atoms with Crippen molar-refractivity contribution in [2.75, 3.05) is 11.4 Å². The van der Waals surface area contributed by atoms with E-state index in [1.54, 1.807) is 11.1 Å². The molecule has 1 fully saturated rings. The van der Waals surface area contributed by atoms with E-state index in [1.807, 2.05) is 26.0 Å². The van der Waals surface area contributed by atoms with Crippen molar-refractivity contribution in [3.8, 4) is 0 Å². The molecule has 5 heteroatoms. The van der Waals surface area contributed by atoms with Crippen molar-refractivity contribution in [1.29, 1.82) is 0 Å². The minimum Gasteiger partial charge on any atom is -0.443 e. The fourth-order valence-corrected chi connectivity index (χ4v) is 1.87. The Bertz CT molecular complexity index is 403. The van der Waals surface area contributed by atoms with Gasteiger partial charge in [-0.25, -0.2) is 9.78 Å². The van der Waals surface area contributed by atoms with Crippen LogP contribution in [0.2, 0.25) is 0 Å². The standard InChI is InChI=1S/C11H13IN2O2/c1-11(2)5-6-14(10(15)16-11)9-4-3-8(12)7-13-9/h3-4,7H,5-6H2,1-2H3. The molecule has 0 bridgehead atoms. The van der Waals surface area contributed by atoms with Gasteiger partial charge >= 0.3 is 6.09 Å². The molecule has 1 aromatic rings. The zero-order valence-corrected chi connectivity index (χ0v) is 11.4. The fourth-order valence-electron chi connectivity index (χ4n) is 1.55.